The van der Waals surface area contributed by atoms with Gasteiger partial charge in [-0.3, -0.25) is 4.68 Å². The summed E-state index contributed by atoms with van der Waals surface area (Å²) in [6.45, 7) is 1.86. The number of methoxy groups -OCH3 is 1. The molecule has 0 aliphatic rings. The molecule has 2 N–H and O–H groups in total. The van der Waals surface area contributed by atoms with E-state index in [9.17, 15) is 4.39 Å². The molecule has 0 unspecified atom stereocenters. The quantitative estimate of drug-likeness (QED) is 0.867. The first-order chi connectivity index (χ1) is 8.04. The molecule has 0 aliphatic heterocycles. The van der Waals surface area contributed by atoms with E-state index in [1.54, 1.807) is 19.2 Å². The van der Waals surface area contributed by atoms with Crippen LogP contribution in [0.25, 0.3) is 11.3 Å². The van der Waals surface area contributed by atoms with Crippen LogP contribution in [0.1, 0.15) is 5.56 Å². The van der Waals surface area contributed by atoms with Crippen LogP contribution in [0, 0.1) is 12.7 Å². The Morgan fingerprint density at radius 2 is 2.12 bits per heavy atom. The van der Waals surface area contributed by atoms with Gasteiger partial charge in [-0.15, -0.1) is 0 Å². The summed E-state index contributed by atoms with van der Waals surface area (Å²) >= 11 is 0. The van der Waals surface area contributed by atoms with E-state index in [0.717, 1.165) is 5.56 Å². The second kappa shape index (κ2) is 4.08. The minimum atomic E-state index is -0.370. The Morgan fingerprint density at radius 1 is 1.41 bits per heavy atom. The number of ether oxygens (including phenoxy) is 1. The lowest BCUT2D eigenvalue weighted by molar-refractivity contribution is 0.410. The third kappa shape index (κ3) is 1.84. The van der Waals surface area contributed by atoms with E-state index in [-0.39, 0.29) is 5.82 Å². The Kier molecular flexibility index (Phi) is 2.75. The molecular weight excluding hydrogens is 221 g/mol. The van der Waals surface area contributed by atoms with Gasteiger partial charge in [0.1, 0.15) is 23.1 Å². The SMILES string of the molecule is COc1c(C)ccc(F)c1-c1cc(N)n(C)n1. The average molecular weight is 235 g/mol. The van der Waals surface area contributed by atoms with Crippen LogP contribution in [0.5, 0.6) is 5.75 Å². The number of aryl methyl sites for hydroxylation is 2. The van der Waals surface area contributed by atoms with Crippen molar-refractivity contribution in [3.63, 3.8) is 0 Å². The molecule has 0 saturated carbocycles. The first-order valence-electron chi connectivity index (χ1n) is 5.17. The number of benzene rings is 1. The maximum atomic E-state index is 13.9. The maximum absolute atomic E-state index is 13.9. The van der Waals surface area contributed by atoms with E-state index in [4.69, 9.17) is 10.5 Å². The molecule has 0 aliphatic carbocycles. The number of nitrogens with zero attached hydrogens (tertiary/aromatic N) is 2. The van der Waals surface area contributed by atoms with Crippen LogP contribution in [0.4, 0.5) is 10.2 Å². The van der Waals surface area contributed by atoms with Crippen molar-refractivity contribution < 1.29 is 9.13 Å². The Balaban J connectivity index is 2.69. The molecule has 4 nitrogen and oxygen atoms in total. The summed E-state index contributed by atoms with van der Waals surface area (Å²) < 4.78 is 20.6. The fraction of sp³-hybridized carbons (Fsp3) is 0.250. The number of hydrogen-bond donors (Lipinski definition) is 1. The molecule has 0 bridgehead atoms. The second-order valence-corrected chi connectivity index (χ2v) is 3.85. The predicted octanol–water partition coefficient (Wildman–Crippen LogP) is 2.13. The van der Waals surface area contributed by atoms with Crippen molar-refractivity contribution in [3.8, 4) is 17.0 Å². The molecule has 0 atom stereocenters. The summed E-state index contributed by atoms with van der Waals surface area (Å²) in [5.41, 5.74) is 7.37. The summed E-state index contributed by atoms with van der Waals surface area (Å²) in [7, 11) is 3.22. The molecule has 1 aromatic heterocycles. The number of anilines is 1. The van der Waals surface area contributed by atoms with Crippen LogP contribution in [0.2, 0.25) is 0 Å². The summed E-state index contributed by atoms with van der Waals surface area (Å²) in [5.74, 6) is 0.594. The normalized spacial score (nSPS) is 10.6. The van der Waals surface area contributed by atoms with E-state index >= 15 is 0 Å². The van der Waals surface area contributed by atoms with Crippen molar-refractivity contribution in [1.29, 1.82) is 0 Å². The second-order valence-electron chi connectivity index (χ2n) is 3.85. The van der Waals surface area contributed by atoms with Gasteiger partial charge in [-0.05, 0) is 18.6 Å². The van der Waals surface area contributed by atoms with Gasteiger partial charge >= 0.3 is 0 Å². The monoisotopic (exact) mass is 235 g/mol. The maximum Gasteiger partial charge on any atom is 0.136 e. The van der Waals surface area contributed by atoms with E-state index in [1.165, 1.54) is 17.9 Å². The van der Waals surface area contributed by atoms with Gasteiger partial charge in [0.15, 0.2) is 0 Å². The summed E-state index contributed by atoms with van der Waals surface area (Å²) in [4.78, 5) is 0. The number of hydrogen-bond acceptors (Lipinski definition) is 3. The lowest BCUT2D eigenvalue weighted by Crippen LogP contribution is -1.98. The zero-order chi connectivity index (χ0) is 12.6. The summed E-state index contributed by atoms with van der Waals surface area (Å²) in [6.07, 6.45) is 0. The van der Waals surface area contributed by atoms with E-state index in [1.807, 2.05) is 6.92 Å². The number of aromatic nitrogens is 2. The highest BCUT2D eigenvalue weighted by atomic mass is 19.1. The molecular formula is C12H14FN3O. The lowest BCUT2D eigenvalue weighted by atomic mass is 10.1. The molecule has 2 rings (SSSR count). The van der Waals surface area contributed by atoms with Gasteiger partial charge in [0, 0.05) is 13.1 Å². The number of rotatable bonds is 2. The molecule has 5 heteroatoms. The van der Waals surface area contributed by atoms with Crippen molar-refractivity contribution in [1.82, 2.24) is 9.78 Å². The fourth-order valence-electron chi connectivity index (χ4n) is 1.77. The molecule has 1 aromatic carbocycles. The largest absolute Gasteiger partial charge is 0.496 e. The molecule has 1 heterocycles. The Labute approximate surface area is 98.8 Å². The Bertz CT molecular complexity index is 544. The molecule has 0 radical (unpaired) electrons. The topological polar surface area (TPSA) is 53.1 Å². The van der Waals surface area contributed by atoms with Gasteiger partial charge in [0.25, 0.3) is 0 Å². The van der Waals surface area contributed by atoms with Gasteiger partial charge < -0.3 is 10.5 Å². The van der Waals surface area contributed by atoms with Crippen LogP contribution in [-0.2, 0) is 7.05 Å². The highest BCUT2D eigenvalue weighted by Gasteiger charge is 2.17. The molecule has 0 spiro atoms. The Hall–Kier alpha value is -2.04. The third-order valence-electron chi connectivity index (χ3n) is 2.68. The van der Waals surface area contributed by atoms with Gasteiger partial charge in [-0.2, -0.15) is 5.10 Å². The standard InChI is InChI=1S/C12H14FN3O/c1-7-4-5-8(13)11(12(7)17-3)9-6-10(14)16(2)15-9/h4-6H,14H2,1-3H3. The van der Waals surface area contributed by atoms with Crippen LogP contribution in [0.15, 0.2) is 18.2 Å². The summed E-state index contributed by atoms with van der Waals surface area (Å²) in [5, 5.41) is 4.16. The van der Waals surface area contributed by atoms with E-state index in [0.29, 0.717) is 22.8 Å². The fourth-order valence-corrected chi connectivity index (χ4v) is 1.77. The van der Waals surface area contributed by atoms with Gasteiger partial charge in [0.2, 0.25) is 0 Å². The first kappa shape index (κ1) is 11.4. The van der Waals surface area contributed by atoms with Crippen molar-refractivity contribution >= 4 is 5.82 Å². The molecule has 90 valence electrons. The van der Waals surface area contributed by atoms with Crippen LogP contribution >= 0.6 is 0 Å². The zero-order valence-corrected chi connectivity index (χ0v) is 9.99. The lowest BCUT2D eigenvalue weighted by Gasteiger charge is -2.10. The molecule has 17 heavy (non-hydrogen) atoms. The highest BCUT2D eigenvalue weighted by molar-refractivity contribution is 5.71. The number of halogens is 1. The highest BCUT2D eigenvalue weighted by Crippen LogP contribution is 2.34. The van der Waals surface area contributed by atoms with Gasteiger partial charge in [-0.1, -0.05) is 6.07 Å². The van der Waals surface area contributed by atoms with Gasteiger partial charge in [0.05, 0.1) is 12.7 Å². The zero-order valence-electron chi connectivity index (χ0n) is 9.99. The first-order valence-corrected chi connectivity index (χ1v) is 5.17. The molecule has 2 aromatic rings. The van der Waals surface area contributed by atoms with Crippen LogP contribution in [0.3, 0.4) is 0 Å². The molecule has 0 fully saturated rings. The van der Waals surface area contributed by atoms with E-state index in [2.05, 4.69) is 5.10 Å². The average Bonchev–Trinajstić information content (AvgIpc) is 2.61. The number of nitrogen functional groups attached to an aromatic ring is 1. The minimum absolute atomic E-state index is 0.347. The minimum Gasteiger partial charge on any atom is -0.496 e. The van der Waals surface area contributed by atoms with Crippen molar-refractivity contribution in [2.24, 2.45) is 7.05 Å². The van der Waals surface area contributed by atoms with E-state index < -0.39 is 0 Å². The Morgan fingerprint density at radius 3 is 2.65 bits per heavy atom. The third-order valence-corrected chi connectivity index (χ3v) is 2.68. The van der Waals surface area contributed by atoms with Crippen molar-refractivity contribution in [2.75, 3.05) is 12.8 Å². The summed E-state index contributed by atoms with van der Waals surface area (Å²) in [6, 6.07) is 4.70. The number of nitrogens with two attached hydrogens (primary N) is 1. The van der Waals surface area contributed by atoms with Crippen LogP contribution in [-0.4, -0.2) is 16.9 Å². The molecule has 0 amide bonds. The van der Waals surface area contributed by atoms with Gasteiger partial charge in [-0.25, -0.2) is 4.39 Å². The van der Waals surface area contributed by atoms with Crippen molar-refractivity contribution in [3.05, 3.63) is 29.6 Å². The smallest absolute Gasteiger partial charge is 0.136 e. The predicted molar refractivity (Wildman–Crippen MR) is 64.3 cm³/mol. The van der Waals surface area contributed by atoms with Crippen LogP contribution < -0.4 is 10.5 Å². The molecule has 0 saturated heterocycles. The van der Waals surface area contributed by atoms with Crippen molar-refractivity contribution in [2.45, 2.75) is 6.92 Å².